The largest absolute Gasteiger partial charge is 0.505 e. The molecule has 3 heteroatoms. The third kappa shape index (κ3) is 7.50. The lowest BCUT2D eigenvalue weighted by Crippen LogP contribution is -2.00. The molecule has 0 aliphatic rings. The average molecular weight is 424 g/mol. The van der Waals surface area contributed by atoms with E-state index in [0.717, 1.165) is 64.9 Å². The van der Waals surface area contributed by atoms with Gasteiger partial charge in [0.1, 0.15) is 5.76 Å². The number of aliphatic imine (C=N–C) groups is 1. The zero-order chi connectivity index (χ0) is 23.6. The summed E-state index contributed by atoms with van der Waals surface area (Å²) in [4.78, 5) is 4.88. The summed E-state index contributed by atoms with van der Waals surface area (Å²) in [6.45, 7) is 18.4. The number of hydrogen-bond donors (Lipinski definition) is 1. The maximum absolute atomic E-state index is 14.2. The van der Waals surface area contributed by atoms with Crippen molar-refractivity contribution in [1.29, 1.82) is 0 Å². The Kier molecular flexibility index (Phi) is 11.0. The standard InChI is InChI=1S/C28H38FNO/c1-9-13-19(5)27(11-3)30-22(8)21(7)25-16-15-24(17-20(25)6)23(14-10-2)18-26(29)28(31)12-4/h12,14-18,31H,7,9-11,13H2,1-6,8H3/b23-14-,26-18+,27-19+,28-12+,30-22?. The number of halogens is 1. The van der Waals surface area contributed by atoms with Crippen LogP contribution in [0.2, 0.25) is 0 Å². The number of aliphatic hydroxyl groups excluding tert-OH is 1. The van der Waals surface area contributed by atoms with Crippen molar-refractivity contribution in [3.63, 3.8) is 0 Å². The lowest BCUT2D eigenvalue weighted by atomic mass is 9.93. The molecule has 0 fully saturated rings. The van der Waals surface area contributed by atoms with Gasteiger partial charge in [-0.05, 0) is 86.9 Å². The van der Waals surface area contributed by atoms with E-state index in [-0.39, 0.29) is 5.76 Å². The summed E-state index contributed by atoms with van der Waals surface area (Å²) in [5.74, 6) is -0.994. The van der Waals surface area contributed by atoms with Crippen LogP contribution in [0.4, 0.5) is 4.39 Å². The van der Waals surface area contributed by atoms with Gasteiger partial charge in [-0.1, -0.05) is 63.6 Å². The highest BCUT2D eigenvalue weighted by molar-refractivity contribution is 6.22. The van der Waals surface area contributed by atoms with Crippen LogP contribution in [0.5, 0.6) is 0 Å². The van der Waals surface area contributed by atoms with Crippen LogP contribution >= 0.6 is 0 Å². The summed E-state index contributed by atoms with van der Waals surface area (Å²) in [5, 5.41) is 9.65. The van der Waals surface area contributed by atoms with Crippen molar-refractivity contribution < 1.29 is 9.50 Å². The molecule has 0 aliphatic heterocycles. The average Bonchev–Trinajstić information content (AvgIpc) is 2.75. The van der Waals surface area contributed by atoms with E-state index in [2.05, 4.69) is 27.4 Å². The molecule has 1 rings (SSSR count). The van der Waals surface area contributed by atoms with Gasteiger partial charge in [-0.25, -0.2) is 4.39 Å². The van der Waals surface area contributed by atoms with Crippen LogP contribution in [0.25, 0.3) is 11.1 Å². The third-order valence-corrected chi connectivity index (χ3v) is 5.30. The number of hydrogen-bond acceptors (Lipinski definition) is 2. The van der Waals surface area contributed by atoms with Crippen LogP contribution < -0.4 is 0 Å². The molecule has 0 atom stereocenters. The van der Waals surface area contributed by atoms with Crippen LogP contribution in [-0.2, 0) is 0 Å². The zero-order valence-corrected chi connectivity index (χ0v) is 20.3. The number of aliphatic hydroxyl groups is 1. The Hall–Kier alpha value is -2.68. The lowest BCUT2D eigenvalue weighted by molar-refractivity contribution is 0.388. The third-order valence-electron chi connectivity index (χ3n) is 5.30. The first-order valence-electron chi connectivity index (χ1n) is 11.2. The Bertz CT molecular complexity index is 942. The molecule has 0 aliphatic carbocycles. The van der Waals surface area contributed by atoms with Crippen LogP contribution in [0.1, 0.15) is 83.9 Å². The van der Waals surface area contributed by atoms with E-state index in [1.54, 1.807) is 6.92 Å². The van der Waals surface area contributed by atoms with Gasteiger partial charge in [-0.2, -0.15) is 0 Å². The summed E-state index contributed by atoms with van der Waals surface area (Å²) in [6.07, 6.45) is 8.50. The molecule has 0 bridgehead atoms. The molecule has 0 aromatic heterocycles. The van der Waals surface area contributed by atoms with E-state index >= 15 is 0 Å². The zero-order valence-electron chi connectivity index (χ0n) is 20.3. The molecular formula is C28H38FNO. The van der Waals surface area contributed by atoms with Gasteiger partial charge in [0.25, 0.3) is 0 Å². The molecule has 0 saturated heterocycles. The number of aryl methyl sites for hydroxylation is 1. The maximum Gasteiger partial charge on any atom is 0.165 e. The molecule has 1 aromatic rings. The van der Waals surface area contributed by atoms with E-state index in [4.69, 9.17) is 4.99 Å². The Morgan fingerprint density at radius 3 is 2.39 bits per heavy atom. The first kappa shape index (κ1) is 26.4. The number of rotatable bonds is 10. The minimum Gasteiger partial charge on any atom is -0.505 e. The lowest BCUT2D eigenvalue weighted by Gasteiger charge is -2.14. The molecule has 168 valence electrons. The van der Waals surface area contributed by atoms with Gasteiger partial charge >= 0.3 is 0 Å². The molecule has 1 aromatic carbocycles. The molecule has 2 nitrogen and oxygen atoms in total. The van der Waals surface area contributed by atoms with Crippen LogP contribution in [0.3, 0.4) is 0 Å². The fraction of sp³-hybridized carbons (Fsp3) is 0.393. The van der Waals surface area contributed by atoms with Gasteiger partial charge in [0.15, 0.2) is 5.83 Å². The molecular weight excluding hydrogens is 385 g/mol. The van der Waals surface area contributed by atoms with Crippen molar-refractivity contribution in [2.45, 2.75) is 74.1 Å². The Morgan fingerprint density at radius 1 is 1.19 bits per heavy atom. The smallest absolute Gasteiger partial charge is 0.165 e. The molecule has 0 heterocycles. The monoisotopic (exact) mass is 423 g/mol. The van der Waals surface area contributed by atoms with Crippen molar-refractivity contribution in [3.8, 4) is 0 Å². The molecule has 0 unspecified atom stereocenters. The Labute approximate surface area is 188 Å². The maximum atomic E-state index is 14.2. The Morgan fingerprint density at radius 2 is 1.87 bits per heavy atom. The predicted molar refractivity (Wildman–Crippen MR) is 135 cm³/mol. The van der Waals surface area contributed by atoms with Gasteiger partial charge in [-0.3, -0.25) is 4.99 Å². The van der Waals surface area contributed by atoms with Gasteiger partial charge in [0, 0.05) is 11.4 Å². The summed E-state index contributed by atoms with van der Waals surface area (Å²) in [7, 11) is 0. The summed E-state index contributed by atoms with van der Waals surface area (Å²) in [6, 6.07) is 6.02. The van der Waals surface area contributed by atoms with Crippen molar-refractivity contribution >= 4 is 16.9 Å². The molecule has 0 amide bonds. The minimum atomic E-state index is -0.641. The first-order chi connectivity index (χ1) is 14.7. The summed E-state index contributed by atoms with van der Waals surface area (Å²) in [5.41, 5.74) is 8.00. The molecule has 0 saturated carbocycles. The summed E-state index contributed by atoms with van der Waals surface area (Å²) >= 11 is 0. The van der Waals surface area contributed by atoms with Gasteiger partial charge < -0.3 is 5.11 Å². The van der Waals surface area contributed by atoms with Crippen molar-refractivity contribution in [1.82, 2.24) is 0 Å². The number of allylic oxidation sites excluding steroid dienone is 8. The van der Waals surface area contributed by atoms with E-state index in [9.17, 15) is 9.50 Å². The second-order valence-electron chi connectivity index (χ2n) is 7.77. The molecule has 0 radical (unpaired) electrons. The quantitative estimate of drug-likeness (QED) is 0.227. The topological polar surface area (TPSA) is 32.6 Å². The SMILES string of the molecule is C=C(C(C)=N/C(CC)=C(\C)CCC)c1ccc(C(=C\CC)/C=C(F)\C(O)=C/C)cc1C. The fourth-order valence-corrected chi connectivity index (χ4v) is 3.47. The highest BCUT2D eigenvalue weighted by Gasteiger charge is 2.11. The van der Waals surface area contributed by atoms with E-state index in [0.29, 0.717) is 0 Å². The second kappa shape index (κ2) is 12.9. The molecule has 31 heavy (non-hydrogen) atoms. The van der Waals surface area contributed by atoms with E-state index in [1.165, 1.54) is 17.7 Å². The van der Waals surface area contributed by atoms with E-state index < -0.39 is 5.83 Å². The highest BCUT2D eigenvalue weighted by Crippen LogP contribution is 2.27. The van der Waals surface area contributed by atoms with Gasteiger partial charge in [0.05, 0.1) is 0 Å². The number of nitrogens with zero attached hydrogens (tertiary/aromatic N) is 1. The highest BCUT2D eigenvalue weighted by atomic mass is 19.1. The van der Waals surface area contributed by atoms with Crippen LogP contribution in [-0.4, -0.2) is 10.8 Å². The van der Waals surface area contributed by atoms with Crippen LogP contribution in [0, 0.1) is 6.92 Å². The van der Waals surface area contributed by atoms with Crippen molar-refractivity contribution in [3.05, 3.63) is 82.6 Å². The first-order valence-corrected chi connectivity index (χ1v) is 11.2. The van der Waals surface area contributed by atoms with Crippen molar-refractivity contribution in [2.75, 3.05) is 0 Å². The van der Waals surface area contributed by atoms with Gasteiger partial charge in [0.2, 0.25) is 0 Å². The molecule has 0 spiro atoms. The molecule has 1 N–H and O–H groups in total. The Balaban J connectivity index is 3.32. The van der Waals surface area contributed by atoms with Crippen molar-refractivity contribution in [2.24, 2.45) is 4.99 Å². The predicted octanol–water partition coefficient (Wildman–Crippen LogP) is 9.06. The summed E-state index contributed by atoms with van der Waals surface area (Å²) < 4.78 is 14.2. The normalized spacial score (nSPS) is 14.6. The fourth-order valence-electron chi connectivity index (χ4n) is 3.47. The second-order valence-corrected chi connectivity index (χ2v) is 7.77. The van der Waals surface area contributed by atoms with Gasteiger partial charge in [-0.15, -0.1) is 0 Å². The van der Waals surface area contributed by atoms with E-state index in [1.807, 2.05) is 45.0 Å². The van der Waals surface area contributed by atoms with Crippen LogP contribution in [0.15, 0.2) is 70.9 Å². The number of benzene rings is 1. The minimum absolute atomic E-state index is 0.353.